The molecule has 0 bridgehead atoms. The molecule has 3 heteroatoms. The van der Waals surface area contributed by atoms with E-state index in [9.17, 15) is 0 Å². The first-order valence-corrected chi connectivity index (χ1v) is 7.65. The molecule has 0 spiro atoms. The first-order valence-electron chi connectivity index (χ1n) is 6.73. The van der Waals surface area contributed by atoms with Crippen LogP contribution in [0.25, 0.3) is 0 Å². The van der Waals surface area contributed by atoms with Crippen molar-refractivity contribution in [2.24, 2.45) is 0 Å². The van der Waals surface area contributed by atoms with E-state index in [1.807, 2.05) is 19.9 Å². The van der Waals surface area contributed by atoms with Crippen LogP contribution in [0.2, 0.25) is 0 Å². The Bertz CT molecular complexity index is 352. The predicted octanol–water partition coefficient (Wildman–Crippen LogP) is 4.59. The second kappa shape index (κ2) is 8.41. The van der Waals surface area contributed by atoms with Crippen LogP contribution in [-0.2, 0) is 6.42 Å². The van der Waals surface area contributed by atoms with Crippen LogP contribution < -0.4 is 9.47 Å². The third-order valence-electron chi connectivity index (χ3n) is 2.67. The van der Waals surface area contributed by atoms with Gasteiger partial charge in [0.25, 0.3) is 0 Å². The van der Waals surface area contributed by atoms with E-state index >= 15 is 0 Å². The molecule has 1 aromatic carbocycles. The van der Waals surface area contributed by atoms with Gasteiger partial charge in [0.15, 0.2) is 11.5 Å². The number of alkyl halides is 1. The van der Waals surface area contributed by atoms with E-state index in [-0.39, 0.29) is 0 Å². The van der Waals surface area contributed by atoms with Crippen molar-refractivity contribution >= 4 is 15.9 Å². The number of benzene rings is 1. The average molecular weight is 315 g/mol. The molecule has 0 heterocycles. The summed E-state index contributed by atoms with van der Waals surface area (Å²) in [6.45, 7) is 7.51. The Morgan fingerprint density at radius 2 is 1.72 bits per heavy atom. The van der Waals surface area contributed by atoms with Gasteiger partial charge in [-0.3, -0.25) is 0 Å². The van der Waals surface area contributed by atoms with Crippen molar-refractivity contribution < 1.29 is 9.47 Å². The third-order valence-corrected chi connectivity index (χ3v) is 3.45. The van der Waals surface area contributed by atoms with E-state index in [0.717, 1.165) is 17.9 Å². The summed E-state index contributed by atoms with van der Waals surface area (Å²) in [5.41, 5.74) is 1.29. The molecule has 0 radical (unpaired) electrons. The van der Waals surface area contributed by atoms with Crippen molar-refractivity contribution in [3.05, 3.63) is 23.8 Å². The summed E-state index contributed by atoms with van der Waals surface area (Å²) in [6.07, 6.45) is 3.42. The van der Waals surface area contributed by atoms with E-state index in [4.69, 9.17) is 9.47 Å². The van der Waals surface area contributed by atoms with Crippen LogP contribution in [0.1, 0.15) is 39.2 Å². The van der Waals surface area contributed by atoms with Crippen LogP contribution in [0.4, 0.5) is 0 Å². The molecule has 18 heavy (non-hydrogen) atoms. The normalized spacial score (nSPS) is 12.2. The highest BCUT2D eigenvalue weighted by atomic mass is 79.9. The molecule has 0 aliphatic rings. The van der Waals surface area contributed by atoms with E-state index in [1.165, 1.54) is 18.4 Å². The Balaban J connectivity index is 2.78. The van der Waals surface area contributed by atoms with Crippen LogP contribution >= 0.6 is 15.9 Å². The number of hydrogen-bond donors (Lipinski definition) is 0. The Morgan fingerprint density at radius 1 is 1.06 bits per heavy atom. The SMILES string of the molecule is CCCC(Br)Cc1ccc(OCC)c(OCC)c1. The number of hydrogen-bond acceptors (Lipinski definition) is 2. The molecule has 102 valence electrons. The van der Waals surface area contributed by atoms with Crippen LogP contribution in [0.15, 0.2) is 18.2 Å². The van der Waals surface area contributed by atoms with Gasteiger partial charge >= 0.3 is 0 Å². The summed E-state index contributed by atoms with van der Waals surface area (Å²) in [6, 6.07) is 6.23. The summed E-state index contributed by atoms with van der Waals surface area (Å²) in [7, 11) is 0. The lowest BCUT2D eigenvalue weighted by Crippen LogP contribution is -2.04. The minimum Gasteiger partial charge on any atom is -0.490 e. The lowest BCUT2D eigenvalue weighted by molar-refractivity contribution is 0.287. The monoisotopic (exact) mass is 314 g/mol. The molecule has 0 amide bonds. The van der Waals surface area contributed by atoms with Crippen LogP contribution in [-0.4, -0.2) is 18.0 Å². The van der Waals surface area contributed by atoms with Gasteiger partial charge in [0.05, 0.1) is 13.2 Å². The highest BCUT2D eigenvalue weighted by Gasteiger charge is 2.09. The zero-order valence-electron chi connectivity index (χ0n) is 11.5. The molecule has 0 N–H and O–H groups in total. The van der Waals surface area contributed by atoms with E-state index in [2.05, 4.69) is 35.0 Å². The molecule has 1 atom stereocenters. The topological polar surface area (TPSA) is 18.5 Å². The molecule has 0 aromatic heterocycles. The minimum absolute atomic E-state index is 0.537. The van der Waals surface area contributed by atoms with Crippen molar-refractivity contribution in [2.75, 3.05) is 13.2 Å². The summed E-state index contributed by atoms with van der Waals surface area (Å²) >= 11 is 3.72. The minimum atomic E-state index is 0.537. The van der Waals surface area contributed by atoms with Crippen molar-refractivity contribution in [3.63, 3.8) is 0 Å². The Hall–Kier alpha value is -0.700. The number of halogens is 1. The first kappa shape index (κ1) is 15.4. The van der Waals surface area contributed by atoms with Crippen LogP contribution in [0.5, 0.6) is 11.5 Å². The fourth-order valence-electron chi connectivity index (χ4n) is 1.89. The van der Waals surface area contributed by atoms with Crippen LogP contribution in [0, 0.1) is 0 Å². The second-order valence-corrected chi connectivity index (χ2v) is 5.53. The highest BCUT2D eigenvalue weighted by molar-refractivity contribution is 9.09. The van der Waals surface area contributed by atoms with E-state index in [1.54, 1.807) is 0 Å². The lowest BCUT2D eigenvalue weighted by atomic mass is 10.1. The molecule has 0 saturated carbocycles. The largest absolute Gasteiger partial charge is 0.490 e. The Labute approximate surface area is 119 Å². The number of rotatable bonds is 8. The van der Waals surface area contributed by atoms with Gasteiger partial charge in [-0.2, -0.15) is 0 Å². The highest BCUT2D eigenvalue weighted by Crippen LogP contribution is 2.29. The average Bonchev–Trinajstić information content (AvgIpc) is 2.33. The van der Waals surface area contributed by atoms with Crippen molar-refractivity contribution in [1.29, 1.82) is 0 Å². The number of ether oxygens (including phenoxy) is 2. The van der Waals surface area contributed by atoms with Gasteiger partial charge in [0.1, 0.15) is 0 Å². The molecular formula is C15H23BrO2. The molecule has 1 aromatic rings. The zero-order chi connectivity index (χ0) is 13.4. The molecule has 0 fully saturated rings. The first-order chi connectivity index (χ1) is 8.71. The third kappa shape index (κ3) is 4.89. The smallest absolute Gasteiger partial charge is 0.161 e. The Kier molecular flexibility index (Phi) is 7.18. The van der Waals surface area contributed by atoms with Crippen LogP contribution in [0.3, 0.4) is 0 Å². The van der Waals surface area contributed by atoms with Gasteiger partial charge in [-0.15, -0.1) is 0 Å². The maximum Gasteiger partial charge on any atom is 0.161 e. The zero-order valence-corrected chi connectivity index (χ0v) is 13.1. The summed E-state index contributed by atoms with van der Waals surface area (Å²) < 4.78 is 11.2. The fraction of sp³-hybridized carbons (Fsp3) is 0.600. The molecule has 0 aliphatic heterocycles. The predicted molar refractivity (Wildman–Crippen MR) is 80.1 cm³/mol. The second-order valence-electron chi connectivity index (χ2n) is 4.24. The molecule has 1 unspecified atom stereocenters. The summed E-state index contributed by atoms with van der Waals surface area (Å²) in [5.74, 6) is 1.69. The molecule has 0 saturated heterocycles. The van der Waals surface area contributed by atoms with Gasteiger partial charge in [-0.25, -0.2) is 0 Å². The van der Waals surface area contributed by atoms with Crippen molar-refractivity contribution in [3.8, 4) is 11.5 Å². The van der Waals surface area contributed by atoms with Gasteiger partial charge < -0.3 is 9.47 Å². The van der Waals surface area contributed by atoms with Gasteiger partial charge in [0.2, 0.25) is 0 Å². The van der Waals surface area contributed by atoms with E-state index < -0.39 is 0 Å². The lowest BCUT2D eigenvalue weighted by Gasteiger charge is -2.14. The quantitative estimate of drug-likeness (QED) is 0.653. The van der Waals surface area contributed by atoms with Gasteiger partial charge in [-0.1, -0.05) is 35.3 Å². The molecule has 2 nitrogen and oxygen atoms in total. The Morgan fingerprint density at radius 3 is 2.33 bits per heavy atom. The molecular weight excluding hydrogens is 292 g/mol. The summed E-state index contributed by atoms with van der Waals surface area (Å²) in [4.78, 5) is 0.537. The van der Waals surface area contributed by atoms with Gasteiger partial charge in [-0.05, 0) is 44.4 Å². The van der Waals surface area contributed by atoms with Crippen molar-refractivity contribution in [2.45, 2.75) is 44.9 Å². The van der Waals surface area contributed by atoms with Gasteiger partial charge in [0, 0.05) is 4.83 Å². The molecule has 1 rings (SSSR count). The standard InChI is InChI=1S/C15H23BrO2/c1-4-7-13(16)10-12-8-9-14(17-5-2)15(11-12)18-6-3/h8-9,11,13H,4-7,10H2,1-3H3. The van der Waals surface area contributed by atoms with E-state index in [0.29, 0.717) is 18.0 Å². The summed E-state index contributed by atoms with van der Waals surface area (Å²) in [5, 5.41) is 0. The molecule has 0 aliphatic carbocycles. The van der Waals surface area contributed by atoms with Crippen molar-refractivity contribution in [1.82, 2.24) is 0 Å². The maximum absolute atomic E-state index is 5.63. The fourth-order valence-corrected chi connectivity index (χ4v) is 2.73. The maximum atomic E-state index is 5.63.